The van der Waals surface area contributed by atoms with Gasteiger partial charge in [0.2, 0.25) is 0 Å². The lowest BCUT2D eigenvalue weighted by molar-refractivity contribution is -0.0886. The van der Waals surface area contributed by atoms with Crippen molar-refractivity contribution in [3.63, 3.8) is 0 Å². The first-order valence-corrected chi connectivity index (χ1v) is 9.22. The van der Waals surface area contributed by atoms with Gasteiger partial charge in [-0.15, -0.1) is 0 Å². The Bertz CT molecular complexity index is 1150. The minimum Gasteiger partial charge on any atom is -0.384 e. The standard InChI is InChI=1S/C23H21F3N4/c1-4-14(2)9-16(15(3)23(24,25)26)5-6-18-12-29-22-20(18)10-19(13-30-22)17-7-8-21(27)28-11-17/h5-13H,2-4H2,1H3,(H2,27,28)(H,29,30). The molecule has 0 saturated heterocycles. The number of halogens is 3. The lowest BCUT2D eigenvalue weighted by Gasteiger charge is -2.11. The first-order chi connectivity index (χ1) is 14.2. The van der Waals surface area contributed by atoms with Crippen molar-refractivity contribution in [3.8, 4) is 11.1 Å². The van der Waals surface area contributed by atoms with Crippen LogP contribution >= 0.6 is 0 Å². The number of pyridine rings is 2. The Balaban J connectivity index is 2.00. The maximum absolute atomic E-state index is 13.2. The number of hydrogen-bond donors (Lipinski definition) is 2. The van der Waals surface area contributed by atoms with Gasteiger partial charge in [-0.1, -0.05) is 43.9 Å². The van der Waals surface area contributed by atoms with Crippen molar-refractivity contribution in [3.05, 3.63) is 84.4 Å². The summed E-state index contributed by atoms with van der Waals surface area (Å²) in [4.78, 5) is 11.5. The summed E-state index contributed by atoms with van der Waals surface area (Å²) in [5.41, 5.74) is 8.24. The smallest absolute Gasteiger partial charge is 0.384 e. The number of nitrogens with two attached hydrogens (primary N) is 1. The molecule has 3 N–H and O–H groups in total. The SMILES string of the molecule is C=C(C=C(C=Cc1c[nH]c2ncc(-c3ccc(N)nc3)cc12)C(=C)C(F)(F)F)CC. The van der Waals surface area contributed by atoms with E-state index >= 15 is 0 Å². The van der Waals surface area contributed by atoms with Gasteiger partial charge in [-0.25, -0.2) is 9.97 Å². The van der Waals surface area contributed by atoms with E-state index in [-0.39, 0.29) is 5.57 Å². The van der Waals surface area contributed by atoms with Gasteiger partial charge < -0.3 is 10.7 Å². The Morgan fingerprint density at radius 3 is 2.53 bits per heavy atom. The molecular weight excluding hydrogens is 389 g/mol. The van der Waals surface area contributed by atoms with Crippen molar-refractivity contribution in [2.45, 2.75) is 19.5 Å². The molecule has 3 aromatic heterocycles. The van der Waals surface area contributed by atoms with E-state index in [1.807, 2.05) is 19.1 Å². The fraction of sp³-hybridized carbons (Fsp3) is 0.130. The number of alkyl halides is 3. The molecule has 0 aliphatic carbocycles. The Morgan fingerprint density at radius 1 is 1.17 bits per heavy atom. The minimum atomic E-state index is -4.53. The number of allylic oxidation sites excluding steroid dienone is 5. The number of aromatic nitrogens is 3. The Morgan fingerprint density at radius 2 is 1.90 bits per heavy atom. The van der Waals surface area contributed by atoms with Crippen molar-refractivity contribution < 1.29 is 13.2 Å². The van der Waals surface area contributed by atoms with E-state index in [4.69, 9.17) is 5.73 Å². The van der Waals surface area contributed by atoms with Gasteiger partial charge in [0.15, 0.2) is 0 Å². The van der Waals surface area contributed by atoms with Gasteiger partial charge in [-0.2, -0.15) is 13.2 Å². The summed E-state index contributed by atoms with van der Waals surface area (Å²) in [6, 6.07) is 5.43. The molecule has 3 heterocycles. The highest BCUT2D eigenvalue weighted by molar-refractivity contribution is 5.90. The summed E-state index contributed by atoms with van der Waals surface area (Å²) in [6.07, 6.45) is 5.47. The van der Waals surface area contributed by atoms with Gasteiger partial charge in [0.25, 0.3) is 0 Å². The fourth-order valence-electron chi connectivity index (χ4n) is 2.80. The van der Waals surface area contributed by atoms with Gasteiger partial charge in [-0.3, -0.25) is 0 Å². The Kier molecular flexibility index (Phi) is 5.91. The molecule has 0 atom stereocenters. The van der Waals surface area contributed by atoms with Crippen LogP contribution in [-0.2, 0) is 0 Å². The Hall–Kier alpha value is -3.61. The highest BCUT2D eigenvalue weighted by Crippen LogP contribution is 2.32. The van der Waals surface area contributed by atoms with Gasteiger partial charge in [-0.05, 0) is 30.2 Å². The van der Waals surface area contributed by atoms with E-state index < -0.39 is 11.7 Å². The minimum absolute atomic E-state index is 0.0319. The van der Waals surface area contributed by atoms with Crippen LogP contribution in [0.3, 0.4) is 0 Å². The molecule has 3 aromatic rings. The maximum atomic E-state index is 13.2. The monoisotopic (exact) mass is 410 g/mol. The lowest BCUT2D eigenvalue weighted by atomic mass is 10.0. The quantitative estimate of drug-likeness (QED) is 0.473. The molecular formula is C23H21F3N4. The first kappa shape index (κ1) is 21.1. The van der Waals surface area contributed by atoms with Gasteiger partial charge >= 0.3 is 6.18 Å². The van der Waals surface area contributed by atoms with Crippen molar-refractivity contribution in [1.82, 2.24) is 15.0 Å². The van der Waals surface area contributed by atoms with Crippen molar-refractivity contribution in [2.24, 2.45) is 0 Å². The summed E-state index contributed by atoms with van der Waals surface area (Å²) < 4.78 is 39.6. The van der Waals surface area contributed by atoms with Crippen LogP contribution < -0.4 is 5.73 Å². The number of nitrogens with zero attached hydrogens (tertiary/aromatic N) is 2. The summed E-state index contributed by atoms with van der Waals surface area (Å²) in [5.74, 6) is 0.413. The van der Waals surface area contributed by atoms with E-state index in [2.05, 4.69) is 28.1 Å². The lowest BCUT2D eigenvalue weighted by Crippen LogP contribution is -2.12. The number of H-pyrrole nitrogens is 1. The topological polar surface area (TPSA) is 67.6 Å². The van der Waals surface area contributed by atoms with E-state index in [1.165, 1.54) is 12.2 Å². The largest absolute Gasteiger partial charge is 0.416 e. The summed E-state index contributed by atoms with van der Waals surface area (Å²) in [7, 11) is 0. The van der Waals surface area contributed by atoms with Crippen LogP contribution in [0.25, 0.3) is 28.2 Å². The number of hydrogen-bond acceptors (Lipinski definition) is 3. The van der Waals surface area contributed by atoms with Gasteiger partial charge in [0, 0.05) is 40.7 Å². The molecule has 0 unspecified atom stereocenters. The Labute approximate surface area is 172 Å². The molecule has 3 rings (SSSR count). The van der Waals surface area contributed by atoms with E-state index in [0.717, 1.165) is 16.5 Å². The summed E-state index contributed by atoms with van der Waals surface area (Å²) in [6.45, 7) is 8.82. The van der Waals surface area contributed by atoms with Crippen LogP contribution in [0.5, 0.6) is 0 Å². The molecule has 0 fully saturated rings. The van der Waals surface area contributed by atoms with E-state index in [9.17, 15) is 13.2 Å². The number of rotatable bonds is 6. The number of fused-ring (bicyclic) bond motifs is 1. The molecule has 0 spiro atoms. The first-order valence-electron chi connectivity index (χ1n) is 9.22. The highest BCUT2D eigenvalue weighted by Gasteiger charge is 2.33. The second kappa shape index (κ2) is 8.41. The third-order valence-electron chi connectivity index (χ3n) is 4.63. The molecule has 0 bridgehead atoms. The number of aromatic amines is 1. The van der Waals surface area contributed by atoms with Gasteiger partial charge in [0.1, 0.15) is 11.5 Å². The van der Waals surface area contributed by atoms with Crippen LogP contribution in [-0.4, -0.2) is 21.1 Å². The molecule has 30 heavy (non-hydrogen) atoms. The molecule has 0 radical (unpaired) electrons. The average molecular weight is 410 g/mol. The predicted octanol–water partition coefficient (Wildman–Crippen LogP) is 6.23. The van der Waals surface area contributed by atoms with Crippen LogP contribution in [0.15, 0.2) is 78.8 Å². The molecule has 0 saturated carbocycles. The van der Waals surface area contributed by atoms with Crippen LogP contribution in [0.1, 0.15) is 18.9 Å². The molecule has 0 aromatic carbocycles. The molecule has 0 aliphatic rings. The number of nitrogens with one attached hydrogen (secondary N) is 1. The van der Waals surface area contributed by atoms with E-state index in [1.54, 1.807) is 30.7 Å². The normalized spacial score (nSPS) is 12.6. The van der Waals surface area contributed by atoms with Crippen molar-refractivity contribution in [2.75, 3.05) is 5.73 Å². The number of nitrogen functional groups attached to an aromatic ring is 1. The van der Waals surface area contributed by atoms with Crippen LogP contribution in [0.2, 0.25) is 0 Å². The molecule has 154 valence electrons. The summed E-state index contributed by atoms with van der Waals surface area (Å²) in [5, 5.41) is 0.770. The van der Waals surface area contributed by atoms with Gasteiger partial charge in [0.05, 0.1) is 5.57 Å². The third-order valence-corrected chi connectivity index (χ3v) is 4.63. The second-order valence-electron chi connectivity index (χ2n) is 6.76. The highest BCUT2D eigenvalue weighted by atomic mass is 19.4. The van der Waals surface area contributed by atoms with Crippen molar-refractivity contribution in [1.29, 1.82) is 0 Å². The molecule has 0 amide bonds. The molecule has 7 heteroatoms. The second-order valence-corrected chi connectivity index (χ2v) is 6.76. The summed E-state index contributed by atoms with van der Waals surface area (Å²) >= 11 is 0. The molecule has 4 nitrogen and oxygen atoms in total. The number of anilines is 1. The zero-order valence-corrected chi connectivity index (χ0v) is 16.4. The van der Waals surface area contributed by atoms with Crippen molar-refractivity contribution >= 4 is 22.9 Å². The third kappa shape index (κ3) is 4.68. The zero-order valence-electron chi connectivity index (χ0n) is 16.4. The van der Waals surface area contributed by atoms with Crippen LogP contribution in [0, 0.1) is 0 Å². The van der Waals surface area contributed by atoms with E-state index in [0.29, 0.717) is 29.0 Å². The van der Waals surface area contributed by atoms with Crippen LogP contribution in [0.4, 0.5) is 19.0 Å². The predicted molar refractivity (Wildman–Crippen MR) is 115 cm³/mol. The fourth-order valence-corrected chi connectivity index (χ4v) is 2.80. The maximum Gasteiger partial charge on any atom is 0.416 e. The average Bonchev–Trinajstić information content (AvgIpc) is 3.12. The molecule has 0 aliphatic heterocycles. The zero-order chi connectivity index (χ0) is 21.9.